The Morgan fingerprint density at radius 1 is 1.08 bits per heavy atom. The van der Waals surface area contributed by atoms with Gasteiger partial charge in [0.05, 0.1) is 12.8 Å². The topological polar surface area (TPSA) is 87.2 Å². The molecule has 0 N–H and O–H groups in total. The highest BCUT2D eigenvalue weighted by Gasteiger charge is 2.14. The van der Waals surface area contributed by atoms with Gasteiger partial charge in [-0.05, 0) is 36.4 Å². The van der Waals surface area contributed by atoms with Crippen molar-refractivity contribution in [3.8, 4) is 23.1 Å². The van der Waals surface area contributed by atoms with Crippen LogP contribution in [0.4, 0.5) is 4.39 Å². The zero-order valence-electron chi connectivity index (χ0n) is 12.2. The van der Waals surface area contributed by atoms with E-state index in [0.717, 1.165) is 4.68 Å². The largest absolute Gasteiger partial charge is 0.459 e. The van der Waals surface area contributed by atoms with Crippen molar-refractivity contribution in [2.24, 2.45) is 0 Å². The molecular weight excluding hydrogens is 317 g/mol. The van der Waals surface area contributed by atoms with Crippen LogP contribution in [0.3, 0.4) is 0 Å². The van der Waals surface area contributed by atoms with E-state index in [-0.39, 0.29) is 18.3 Å². The summed E-state index contributed by atoms with van der Waals surface area (Å²) in [5, 5.41) is 4.05. The minimum absolute atomic E-state index is 0.0771. The Labute approximate surface area is 134 Å². The van der Waals surface area contributed by atoms with Crippen molar-refractivity contribution in [2.45, 2.75) is 6.54 Å². The van der Waals surface area contributed by atoms with E-state index in [1.807, 2.05) is 0 Å². The van der Waals surface area contributed by atoms with Crippen molar-refractivity contribution >= 4 is 0 Å². The third-order valence-corrected chi connectivity index (χ3v) is 3.29. The molecule has 0 fully saturated rings. The van der Waals surface area contributed by atoms with Gasteiger partial charge < -0.3 is 13.3 Å². The summed E-state index contributed by atoms with van der Waals surface area (Å²) in [6.45, 7) is 0.0771. The van der Waals surface area contributed by atoms with Crippen molar-refractivity contribution in [2.75, 3.05) is 0 Å². The molecule has 0 unspecified atom stereocenters. The lowest BCUT2D eigenvalue weighted by Gasteiger charge is -1.94. The molecule has 0 aliphatic rings. The van der Waals surface area contributed by atoms with Gasteiger partial charge in [0.15, 0.2) is 5.76 Å². The lowest BCUT2D eigenvalue weighted by molar-refractivity contribution is 0.475. The summed E-state index contributed by atoms with van der Waals surface area (Å²) in [4.78, 5) is 16.1. The molecule has 3 heterocycles. The van der Waals surface area contributed by atoms with Crippen LogP contribution in [0.5, 0.6) is 0 Å². The van der Waals surface area contributed by atoms with Crippen molar-refractivity contribution < 1.29 is 17.6 Å². The average molecular weight is 327 g/mol. The SMILES string of the molecule is O=c1oc(-c2ccco2)nn1Cc1coc(-c2ccc(F)cc2)n1. The fraction of sp³-hybridized carbons (Fsp3) is 0.0625. The first-order chi connectivity index (χ1) is 11.7. The Kier molecular flexibility index (Phi) is 3.34. The molecule has 0 saturated heterocycles. The van der Waals surface area contributed by atoms with E-state index in [0.29, 0.717) is 22.9 Å². The van der Waals surface area contributed by atoms with Gasteiger partial charge in [0.25, 0.3) is 5.89 Å². The maximum atomic E-state index is 12.9. The molecule has 0 atom stereocenters. The monoisotopic (exact) mass is 327 g/mol. The molecule has 8 heteroatoms. The van der Waals surface area contributed by atoms with Gasteiger partial charge in [0.2, 0.25) is 5.89 Å². The first kappa shape index (κ1) is 14.2. The lowest BCUT2D eigenvalue weighted by atomic mass is 10.2. The molecule has 1 aromatic carbocycles. The first-order valence-electron chi connectivity index (χ1n) is 7.01. The second kappa shape index (κ2) is 5.65. The van der Waals surface area contributed by atoms with Crippen LogP contribution in [0.1, 0.15) is 5.69 Å². The van der Waals surface area contributed by atoms with Gasteiger partial charge in [0.1, 0.15) is 17.8 Å². The summed E-state index contributed by atoms with van der Waals surface area (Å²) in [6, 6.07) is 9.05. The Bertz CT molecular complexity index is 1010. The third-order valence-electron chi connectivity index (χ3n) is 3.29. The van der Waals surface area contributed by atoms with E-state index in [2.05, 4.69) is 10.1 Å². The Morgan fingerprint density at radius 2 is 1.92 bits per heavy atom. The third kappa shape index (κ3) is 2.65. The van der Waals surface area contributed by atoms with Crippen LogP contribution in [0, 0.1) is 5.82 Å². The number of halogens is 1. The van der Waals surface area contributed by atoms with Crippen LogP contribution in [-0.2, 0) is 6.54 Å². The molecule has 24 heavy (non-hydrogen) atoms. The van der Waals surface area contributed by atoms with Gasteiger partial charge in [-0.3, -0.25) is 0 Å². The van der Waals surface area contributed by atoms with Gasteiger partial charge in [-0.15, -0.1) is 5.10 Å². The van der Waals surface area contributed by atoms with Gasteiger partial charge in [0, 0.05) is 5.56 Å². The molecule has 0 spiro atoms. The molecule has 0 amide bonds. The summed E-state index contributed by atoms with van der Waals surface area (Å²) in [7, 11) is 0. The Balaban J connectivity index is 1.58. The molecule has 0 bridgehead atoms. The van der Waals surface area contributed by atoms with Crippen molar-refractivity contribution in [1.29, 1.82) is 0 Å². The average Bonchev–Trinajstić information content (AvgIpc) is 3.31. The number of aromatic nitrogens is 3. The quantitative estimate of drug-likeness (QED) is 0.573. The zero-order valence-corrected chi connectivity index (χ0v) is 12.2. The highest BCUT2D eigenvalue weighted by molar-refractivity contribution is 5.52. The summed E-state index contributed by atoms with van der Waals surface area (Å²) in [6.07, 6.45) is 2.87. The Hall–Kier alpha value is -3.42. The van der Waals surface area contributed by atoms with Crippen molar-refractivity contribution in [1.82, 2.24) is 14.8 Å². The fourth-order valence-electron chi connectivity index (χ4n) is 2.16. The van der Waals surface area contributed by atoms with E-state index >= 15 is 0 Å². The van der Waals surface area contributed by atoms with Crippen LogP contribution in [0.2, 0.25) is 0 Å². The van der Waals surface area contributed by atoms with E-state index in [9.17, 15) is 9.18 Å². The number of rotatable bonds is 4. The number of hydrogen-bond donors (Lipinski definition) is 0. The van der Waals surface area contributed by atoms with Gasteiger partial charge >= 0.3 is 5.76 Å². The van der Waals surface area contributed by atoms with Crippen LogP contribution >= 0.6 is 0 Å². The van der Waals surface area contributed by atoms with E-state index < -0.39 is 5.76 Å². The molecule has 3 aromatic heterocycles. The summed E-state index contributed by atoms with van der Waals surface area (Å²) < 4.78 is 29.6. The maximum absolute atomic E-state index is 12.9. The molecule has 0 aliphatic carbocycles. The standard InChI is InChI=1S/C16H10FN3O4/c17-11-5-3-10(4-6-11)14-18-12(9-23-14)8-20-16(21)24-15(19-20)13-2-1-7-22-13/h1-7,9H,8H2. The summed E-state index contributed by atoms with van der Waals surface area (Å²) >= 11 is 0. The molecular formula is C16H10FN3O4. The van der Waals surface area contributed by atoms with Gasteiger partial charge in [-0.25, -0.2) is 14.2 Å². The molecule has 0 radical (unpaired) electrons. The molecule has 0 saturated carbocycles. The second-order valence-corrected chi connectivity index (χ2v) is 4.96. The molecule has 4 rings (SSSR count). The second-order valence-electron chi connectivity index (χ2n) is 4.96. The summed E-state index contributed by atoms with van der Waals surface area (Å²) in [5.41, 5.74) is 1.11. The summed E-state index contributed by atoms with van der Waals surface area (Å²) in [5.74, 6) is -0.198. The minimum atomic E-state index is -0.632. The Morgan fingerprint density at radius 3 is 2.67 bits per heavy atom. The number of nitrogens with zero attached hydrogens (tertiary/aromatic N) is 3. The smallest absolute Gasteiger partial charge is 0.437 e. The van der Waals surface area contributed by atoms with Crippen LogP contribution in [-0.4, -0.2) is 14.8 Å². The van der Waals surface area contributed by atoms with Crippen LogP contribution in [0.15, 0.2) is 67.0 Å². The van der Waals surface area contributed by atoms with Gasteiger partial charge in [-0.1, -0.05) is 0 Å². The highest BCUT2D eigenvalue weighted by atomic mass is 19.1. The zero-order chi connectivity index (χ0) is 16.5. The molecule has 7 nitrogen and oxygen atoms in total. The first-order valence-corrected chi connectivity index (χ1v) is 7.01. The molecule has 120 valence electrons. The van der Waals surface area contributed by atoms with Gasteiger partial charge in [-0.2, -0.15) is 4.68 Å². The predicted molar refractivity (Wildman–Crippen MR) is 79.5 cm³/mol. The van der Waals surface area contributed by atoms with Crippen molar-refractivity contribution in [3.05, 3.63) is 71.0 Å². The number of furan rings is 1. The lowest BCUT2D eigenvalue weighted by Crippen LogP contribution is -2.16. The van der Waals surface area contributed by atoms with Crippen LogP contribution < -0.4 is 5.76 Å². The number of hydrogen-bond acceptors (Lipinski definition) is 6. The molecule has 4 aromatic rings. The number of benzene rings is 1. The van der Waals surface area contributed by atoms with E-state index in [4.69, 9.17) is 13.3 Å². The predicted octanol–water partition coefficient (Wildman–Crippen LogP) is 2.94. The fourth-order valence-corrected chi connectivity index (χ4v) is 2.16. The minimum Gasteiger partial charge on any atom is -0.459 e. The van der Waals surface area contributed by atoms with Crippen LogP contribution in [0.25, 0.3) is 23.1 Å². The van der Waals surface area contributed by atoms with E-state index in [1.165, 1.54) is 24.7 Å². The number of oxazole rings is 1. The maximum Gasteiger partial charge on any atom is 0.437 e. The highest BCUT2D eigenvalue weighted by Crippen LogP contribution is 2.19. The van der Waals surface area contributed by atoms with Crippen molar-refractivity contribution in [3.63, 3.8) is 0 Å². The van der Waals surface area contributed by atoms with E-state index in [1.54, 1.807) is 24.3 Å². The molecule has 0 aliphatic heterocycles. The normalized spacial score (nSPS) is 11.0.